The zero-order chi connectivity index (χ0) is 15.1. The number of ether oxygens (including phenoxy) is 2. The molecule has 0 saturated heterocycles. The summed E-state index contributed by atoms with van der Waals surface area (Å²) in [6, 6.07) is 0. The third kappa shape index (κ3) is 14.3. The molecule has 0 fully saturated rings. The molecule has 0 spiro atoms. The molecule has 0 aliphatic carbocycles. The van der Waals surface area contributed by atoms with Crippen LogP contribution in [0.4, 0.5) is 0 Å². The van der Waals surface area contributed by atoms with Crippen molar-refractivity contribution < 1.29 is 19.4 Å². The summed E-state index contributed by atoms with van der Waals surface area (Å²) < 4.78 is 10.7. The van der Waals surface area contributed by atoms with Crippen molar-refractivity contribution in [3.63, 3.8) is 0 Å². The number of ketones is 1. The monoisotopic (exact) mass is 307 g/mol. The van der Waals surface area contributed by atoms with Crippen LogP contribution in [0.2, 0.25) is 0 Å². The van der Waals surface area contributed by atoms with Gasteiger partial charge in [0.25, 0.3) is 0 Å². The Morgan fingerprint density at radius 2 is 1.95 bits per heavy atom. The molecule has 0 radical (unpaired) electrons. The number of hydrogen-bond donors (Lipinski definition) is 2. The number of Topliss-reactive ketones (excluding diaryl/α,β-unsaturated/α-hetero) is 1. The fourth-order valence-corrected chi connectivity index (χ4v) is 2.36. The van der Waals surface area contributed by atoms with Crippen LogP contribution in [0.1, 0.15) is 26.2 Å². The van der Waals surface area contributed by atoms with E-state index in [1.807, 2.05) is 14.0 Å². The summed E-state index contributed by atoms with van der Waals surface area (Å²) in [6.45, 7) is 5.25. The Balaban J connectivity index is 3.19. The van der Waals surface area contributed by atoms with Crippen molar-refractivity contribution >= 4 is 17.5 Å². The Morgan fingerprint density at radius 1 is 1.25 bits per heavy atom. The second-order valence-electron chi connectivity index (χ2n) is 4.55. The van der Waals surface area contributed by atoms with Crippen LogP contribution >= 0.6 is 11.8 Å². The molecular formula is C14H29NO4S. The van der Waals surface area contributed by atoms with Crippen molar-refractivity contribution in [3.8, 4) is 0 Å². The molecule has 0 amide bonds. The summed E-state index contributed by atoms with van der Waals surface area (Å²) in [7, 11) is 1.89. The van der Waals surface area contributed by atoms with Gasteiger partial charge in [0.1, 0.15) is 5.78 Å². The molecular weight excluding hydrogens is 278 g/mol. The van der Waals surface area contributed by atoms with Crippen molar-refractivity contribution in [1.29, 1.82) is 0 Å². The van der Waals surface area contributed by atoms with Gasteiger partial charge in [0, 0.05) is 25.3 Å². The van der Waals surface area contributed by atoms with Crippen molar-refractivity contribution in [3.05, 3.63) is 0 Å². The number of nitrogens with one attached hydrogen (secondary N) is 1. The molecule has 20 heavy (non-hydrogen) atoms. The highest BCUT2D eigenvalue weighted by molar-refractivity contribution is 7.99. The van der Waals surface area contributed by atoms with E-state index in [9.17, 15) is 9.90 Å². The number of thioether (sulfide) groups is 1. The van der Waals surface area contributed by atoms with Gasteiger partial charge in [-0.05, 0) is 19.9 Å². The van der Waals surface area contributed by atoms with E-state index >= 15 is 0 Å². The van der Waals surface area contributed by atoms with Gasteiger partial charge >= 0.3 is 0 Å². The predicted octanol–water partition coefficient (Wildman–Crippen LogP) is 1.09. The first-order valence-corrected chi connectivity index (χ1v) is 8.43. The molecule has 0 bridgehead atoms. The number of rotatable bonds is 15. The lowest BCUT2D eigenvalue weighted by molar-refractivity contribution is -0.116. The summed E-state index contributed by atoms with van der Waals surface area (Å²) in [5.74, 6) is 1.36. The second kappa shape index (κ2) is 15.3. The van der Waals surface area contributed by atoms with Gasteiger partial charge in [-0.1, -0.05) is 6.92 Å². The number of aliphatic hydroxyl groups excluding tert-OH is 1. The van der Waals surface area contributed by atoms with Crippen LogP contribution in [0.5, 0.6) is 0 Å². The second-order valence-corrected chi connectivity index (χ2v) is 5.58. The average molecular weight is 307 g/mol. The zero-order valence-electron chi connectivity index (χ0n) is 12.7. The normalized spacial score (nSPS) is 12.6. The number of carbonyl (C=O) groups excluding carboxylic acids is 1. The first-order valence-electron chi connectivity index (χ1n) is 7.28. The molecule has 0 aliphatic rings. The standard InChI is InChI=1S/C14H29NO4S/c1-3-13(16)11-20-12-14(17)5-4-7-18-9-10-19-8-6-15-2/h13,15-16H,3-12H2,1-2H3. The first-order chi connectivity index (χ1) is 9.70. The Hall–Kier alpha value is -0.140. The topological polar surface area (TPSA) is 67.8 Å². The van der Waals surface area contributed by atoms with Crippen molar-refractivity contribution in [2.75, 3.05) is 51.5 Å². The van der Waals surface area contributed by atoms with Gasteiger partial charge in [0.2, 0.25) is 0 Å². The van der Waals surface area contributed by atoms with E-state index in [-0.39, 0.29) is 11.9 Å². The van der Waals surface area contributed by atoms with Gasteiger partial charge in [-0.15, -0.1) is 0 Å². The molecule has 1 unspecified atom stereocenters. The van der Waals surface area contributed by atoms with Gasteiger partial charge < -0.3 is 19.9 Å². The molecule has 0 aromatic rings. The molecule has 0 rings (SSSR count). The molecule has 0 aliphatic heterocycles. The molecule has 0 aromatic carbocycles. The largest absolute Gasteiger partial charge is 0.392 e. The SMILES string of the molecule is CCC(O)CSCC(=O)CCCOCCOCCNC. The van der Waals surface area contributed by atoms with Gasteiger partial charge in [-0.2, -0.15) is 11.8 Å². The highest BCUT2D eigenvalue weighted by atomic mass is 32.2. The molecule has 0 saturated carbocycles. The van der Waals surface area contributed by atoms with E-state index in [0.29, 0.717) is 44.4 Å². The van der Waals surface area contributed by atoms with Crippen LogP contribution < -0.4 is 5.32 Å². The van der Waals surface area contributed by atoms with Gasteiger partial charge in [0.05, 0.1) is 31.7 Å². The summed E-state index contributed by atoms with van der Waals surface area (Å²) in [4.78, 5) is 11.5. The van der Waals surface area contributed by atoms with E-state index in [0.717, 1.165) is 19.4 Å². The number of aliphatic hydroxyl groups is 1. The van der Waals surface area contributed by atoms with E-state index in [4.69, 9.17) is 9.47 Å². The van der Waals surface area contributed by atoms with Gasteiger partial charge in [-0.25, -0.2) is 0 Å². The lowest BCUT2D eigenvalue weighted by atomic mass is 10.2. The fourth-order valence-electron chi connectivity index (χ4n) is 1.37. The highest BCUT2D eigenvalue weighted by Crippen LogP contribution is 2.07. The molecule has 2 N–H and O–H groups in total. The van der Waals surface area contributed by atoms with Gasteiger partial charge in [0.15, 0.2) is 0 Å². The van der Waals surface area contributed by atoms with Crippen LogP contribution in [-0.4, -0.2) is 68.5 Å². The third-order valence-electron chi connectivity index (χ3n) is 2.66. The Labute approximate surface area is 126 Å². The molecule has 1 atom stereocenters. The first kappa shape index (κ1) is 19.9. The minimum absolute atomic E-state index is 0.229. The van der Waals surface area contributed by atoms with Gasteiger partial charge in [-0.3, -0.25) is 4.79 Å². The number of hydrogen-bond acceptors (Lipinski definition) is 6. The maximum Gasteiger partial charge on any atom is 0.142 e. The molecule has 6 heteroatoms. The third-order valence-corrected chi connectivity index (χ3v) is 3.80. The molecule has 0 aromatic heterocycles. The van der Waals surface area contributed by atoms with Crippen LogP contribution in [0.15, 0.2) is 0 Å². The van der Waals surface area contributed by atoms with Crippen molar-refractivity contribution in [2.24, 2.45) is 0 Å². The molecule has 120 valence electrons. The Kier molecular flexibility index (Phi) is 15.1. The fraction of sp³-hybridized carbons (Fsp3) is 0.929. The summed E-state index contributed by atoms with van der Waals surface area (Å²) >= 11 is 1.51. The van der Waals surface area contributed by atoms with Crippen molar-refractivity contribution in [2.45, 2.75) is 32.3 Å². The quantitative estimate of drug-likeness (QED) is 0.442. The van der Waals surface area contributed by atoms with Crippen LogP contribution in [0, 0.1) is 0 Å². The van der Waals surface area contributed by atoms with E-state index in [2.05, 4.69) is 5.32 Å². The minimum atomic E-state index is -0.293. The van der Waals surface area contributed by atoms with Crippen molar-refractivity contribution in [1.82, 2.24) is 5.32 Å². The summed E-state index contributed by atoms with van der Waals surface area (Å²) in [5, 5.41) is 12.4. The maximum atomic E-state index is 11.5. The Bertz CT molecular complexity index is 229. The lowest BCUT2D eigenvalue weighted by Gasteiger charge is -2.07. The van der Waals surface area contributed by atoms with E-state index < -0.39 is 0 Å². The molecule has 0 heterocycles. The molecule has 5 nitrogen and oxygen atoms in total. The minimum Gasteiger partial charge on any atom is -0.392 e. The van der Waals surface area contributed by atoms with E-state index in [1.54, 1.807) is 0 Å². The van der Waals surface area contributed by atoms with Crippen LogP contribution in [-0.2, 0) is 14.3 Å². The van der Waals surface area contributed by atoms with Crippen LogP contribution in [0.25, 0.3) is 0 Å². The number of carbonyl (C=O) groups is 1. The summed E-state index contributed by atoms with van der Waals surface area (Å²) in [5.41, 5.74) is 0. The highest BCUT2D eigenvalue weighted by Gasteiger charge is 2.05. The zero-order valence-corrected chi connectivity index (χ0v) is 13.5. The van der Waals surface area contributed by atoms with E-state index in [1.165, 1.54) is 11.8 Å². The van der Waals surface area contributed by atoms with Crippen LogP contribution in [0.3, 0.4) is 0 Å². The maximum absolute atomic E-state index is 11.5. The number of likely N-dealkylation sites (N-methyl/N-ethyl adjacent to an activating group) is 1. The smallest absolute Gasteiger partial charge is 0.142 e. The summed E-state index contributed by atoms with van der Waals surface area (Å²) in [6.07, 6.45) is 1.76. The average Bonchev–Trinajstić information content (AvgIpc) is 2.45. The Morgan fingerprint density at radius 3 is 2.60 bits per heavy atom. The lowest BCUT2D eigenvalue weighted by Crippen LogP contribution is -2.16. The predicted molar refractivity (Wildman–Crippen MR) is 83.4 cm³/mol.